The summed E-state index contributed by atoms with van der Waals surface area (Å²) < 4.78 is 0. The number of nitrogens with one attached hydrogen (secondary N) is 2. The molecule has 1 unspecified atom stereocenters. The summed E-state index contributed by atoms with van der Waals surface area (Å²) in [6.07, 6.45) is 0. The molecule has 0 saturated heterocycles. The Bertz CT molecular complexity index is 871. The van der Waals surface area contributed by atoms with Gasteiger partial charge in [0.2, 0.25) is 0 Å². The molecule has 2 N–H and O–H groups in total. The number of allylic oxidation sites excluding steroid dienone is 1. The van der Waals surface area contributed by atoms with Gasteiger partial charge < -0.3 is 10.6 Å². The first kappa shape index (κ1) is 17.8. The summed E-state index contributed by atoms with van der Waals surface area (Å²) in [5.41, 5.74) is 1.75. The highest BCUT2D eigenvalue weighted by Crippen LogP contribution is 2.37. The van der Waals surface area contributed by atoms with Crippen molar-refractivity contribution in [1.29, 1.82) is 0 Å². The van der Waals surface area contributed by atoms with Gasteiger partial charge in [0.15, 0.2) is 5.78 Å². The number of ketones is 1. The molecule has 25 heavy (non-hydrogen) atoms. The van der Waals surface area contributed by atoms with E-state index < -0.39 is 12.1 Å². The van der Waals surface area contributed by atoms with Crippen LogP contribution in [0.15, 0.2) is 53.7 Å². The van der Waals surface area contributed by atoms with Crippen molar-refractivity contribution in [3.8, 4) is 0 Å². The lowest BCUT2D eigenvalue weighted by Crippen LogP contribution is -2.45. The average Bonchev–Trinajstić information content (AvgIpc) is 2.54. The summed E-state index contributed by atoms with van der Waals surface area (Å²) in [7, 11) is 0. The van der Waals surface area contributed by atoms with Gasteiger partial charge in [0.05, 0.1) is 6.04 Å². The normalized spacial score (nSPS) is 17.1. The lowest BCUT2D eigenvalue weighted by molar-refractivity contribution is 0.102. The number of Topliss-reactive ketones (excluding diaryl/α,β-unsaturated/α-hetero) is 1. The van der Waals surface area contributed by atoms with Crippen molar-refractivity contribution < 1.29 is 9.59 Å². The largest absolute Gasteiger partial charge is 0.327 e. The first-order chi connectivity index (χ1) is 11.9. The van der Waals surface area contributed by atoms with E-state index in [1.807, 2.05) is 0 Å². The van der Waals surface area contributed by atoms with Crippen molar-refractivity contribution >= 4 is 46.6 Å². The van der Waals surface area contributed by atoms with Crippen LogP contribution in [0, 0.1) is 0 Å². The van der Waals surface area contributed by atoms with Gasteiger partial charge in [-0.25, -0.2) is 4.79 Å². The zero-order valence-electron chi connectivity index (χ0n) is 13.1. The molecule has 0 aromatic heterocycles. The molecular formula is C18H13Cl3N2O2. The average molecular weight is 396 g/mol. The highest BCUT2D eigenvalue weighted by molar-refractivity contribution is 6.36. The SMILES string of the molecule is CC1=C(C(=O)c2ccc(Cl)cc2)C(c2c(Cl)cccc2Cl)NC(=O)N1. The van der Waals surface area contributed by atoms with Crippen LogP contribution in [0.4, 0.5) is 4.79 Å². The molecule has 1 aliphatic rings. The Morgan fingerprint density at radius 1 is 1.00 bits per heavy atom. The number of rotatable bonds is 3. The molecule has 2 aromatic rings. The van der Waals surface area contributed by atoms with Gasteiger partial charge in [0.1, 0.15) is 0 Å². The maximum absolute atomic E-state index is 13.1. The molecular weight excluding hydrogens is 383 g/mol. The second kappa shape index (κ2) is 7.08. The lowest BCUT2D eigenvalue weighted by atomic mass is 9.89. The molecule has 0 aliphatic carbocycles. The quantitative estimate of drug-likeness (QED) is 0.705. The van der Waals surface area contributed by atoms with E-state index in [0.717, 1.165) is 0 Å². The van der Waals surface area contributed by atoms with E-state index in [1.165, 1.54) is 0 Å². The Hall–Kier alpha value is -2.01. The van der Waals surface area contributed by atoms with Crippen LogP contribution in [0.3, 0.4) is 0 Å². The standard InChI is InChI=1S/C18H13Cl3N2O2/c1-9-14(17(24)10-5-7-11(19)8-6-10)16(23-18(25)22-9)15-12(20)3-2-4-13(15)21/h2-8,16H,1H3,(H2,22,23,25). The predicted molar refractivity (Wildman–Crippen MR) is 99.4 cm³/mol. The van der Waals surface area contributed by atoms with Crippen LogP contribution in [0.5, 0.6) is 0 Å². The number of hydrogen-bond donors (Lipinski definition) is 2. The van der Waals surface area contributed by atoms with Gasteiger partial charge in [-0.05, 0) is 43.3 Å². The molecule has 128 valence electrons. The minimum atomic E-state index is -0.752. The fourth-order valence-electron chi connectivity index (χ4n) is 2.75. The Morgan fingerprint density at radius 3 is 2.20 bits per heavy atom. The number of carbonyl (C=O) groups is 2. The van der Waals surface area contributed by atoms with Gasteiger partial charge in [0, 0.05) is 37.5 Å². The molecule has 0 spiro atoms. The second-order valence-electron chi connectivity index (χ2n) is 5.54. The lowest BCUT2D eigenvalue weighted by Gasteiger charge is -2.29. The Morgan fingerprint density at radius 2 is 1.60 bits per heavy atom. The van der Waals surface area contributed by atoms with Crippen LogP contribution >= 0.6 is 34.8 Å². The smallest absolute Gasteiger partial charge is 0.319 e. The van der Waals surface area contributed by atoms with E-state index in [-0.39, 0.29) is 5.78 Å². The molecule has 0 radical (unpaired) electrons. The minimum absolute atomic E-state index is 0.248. The maximum atomic E-state index is 13.1. The highest BCUT2D eigenvalue weighted by Gasteiger charge is 2.33. The number of carbonyl (C=O) groups excluding carboxylic acids is 2. The zero-order chi connectivity index (χ0) is 18.1. The maximum Gasteiger partial charge on any atom is 0.319 e. The summed E-state index contributed by atoms with van der Waals surface area (Å²) >= 11 is 18.5. The van der Waals surface area contributed by atoms with Crippen molar-refractivity contribution in [2.75, 3.05) is 0 Å². The molecule has 1 atom stereocenters. The van der Waals surface area contributed by atoms with E-state index in [4.69, 9.17) is 34.8 Å². The monoisotopic (exact) mass is 394 g/mol. The molecule has 0 fully saturated rings. The van der Waals surface area contributed by atoms with Gasteiger partial charge >= 0.3 is 6.03 Å². The van der Waals surface area contributed by atoms with Crippen molar-refractivity contribution in [1.82, 2.24) is 10.6 Å². The number of benzene rings is 2. The van der Waals surface area contributed by atoms with Crippen molar-refractivity contribution in [2.45, 2.75) is 13.0 Å². The molecule has 0 bridgehead atoms. The third-order valence-corrected chi connectivity index (χ3v) is 4.82. The van der Waals surface area contributed by atoms with Gasteiger partial charge in [-0.1, -0.05) is 40.9 Å². The van der Waals surface area contributed by atoms with Crippen LogP contribution in [0.25, 0.3) is 0 Å². The Labute approximate surface area is 159 Å². The van der Waals surface area contributed by atoms with E-state index in [2.05, 4.69) is 10.6 Å². The van der Waals surface area contributed by atoms with Crippen LogP contribution in [0.2, 0.25) is 15.1 Å². The molecule has 2 amide bonds. The number of hydrogen-bond acceptors (Lipinski definition) is 2. The fraction of sp³-hybridized carbons (Fsp3) is 0.111. The van der Waals surface area contributed by atoms with Gasteiger partial charge in [0.25, 0.3) is 0 Å². The Balaban J connectivity index is 2.13. The third kappa shape index (κ3) is 3.52. The van der Waals surface area contributed by atoms with E-state index in [1.54, 1.807) is 49.4 Å². The summed E-state index contributed by atoms with van der Waals surface area (Å²) in [4.78, 5) is 25.0. The summed E-state index contributed by atoms with van der Waals surface area (Å²) in [6, 6.07) is 10.4. The first-order valence-corrected chi connectivity index (χ1v) is 8.54. The van der Waals surface area contributed by atoms with Crippen LogP contribution in [0.1, 0.15) is 28.9 Å². The fourth-order valence-corrected chi connectivity index (χ4v) is 3.50. The molecule has 1 aliphatic heterocycles. The predicted octanol–water partition coefficient (Wildman–Crippen LogP) is 5.16. The molecule has 3 rings (SSSR count). The van der Waals surface area contributed by atoms with Crippen LogP contribution < -0.4 is 10.6 Å². The van der Waals surface area contributed by atoms with Crippen molar-refractivity contribution in [2.24, 2.45) is 0 Å². The van der Waals surface area contributed by atoms with Crippen molar-refractivity contribution in [3.63, 3.8) is 0 Å². The summed E-state index contributed by atoms with van der Waals surface area (Å²) in [6.45, 7) is 1.67. The van der Waals surface area contributed by atoms with Crippen LogP contribution in [-0.2, 0) is 0 Å². The summed E-state index contributed by atoms with van der Waals surface area (Å²) in [5, 5.41) is 6.63. The molecule has 1 heterocycles. The molecule has 4 nitrogen and oxygen atoms in total. The van der Waals surface area contributed by atoms with Crippen molar-refractivity contribution in [3.05, 3.63) is 79.9 Å². The number of urea groups is 1. The molecule has 2 aromatic carbocycles. The van der Waals surface area contributed by atoms with E-state index in [9.17, 15) is 9.59 Å². The van der Waals surface area contributed by atoms with E-state index >= 15 is 0 Å². The number of amides is 2. The first-order valence-electron chi connectivity index (χ1n) is 7.41. The molecule has 0 saturated carbocycles. The van der Waals surface area contributed by atoms with Crippen LogP contribution in [-0.4, -0.2) is 11.8 Å². The summed E-state index contributed by atoms with van der Waals surface area (Å²) in [5.74, 6) is -0.248. The van der Waals surface area contributed by atoms with E-state index in [0.29, 0.717) is 37.5 Å². The van der Waals surface area contributed by atoms with Gasteiger partial charge in [-0.2, -0.15) is 0 Å². The minimum Gasteiger partial charge on any atom is -0.327 e. The Kier molecular flexibility index (Phi) is 5.04. The van der Waals surface area contributed by atoms with Gasteiger partial charge in [-0.15, -0.1) is 0 Å². The molecule has 7 heteroatoms. The zero-order valence-corrected chi connectivity index (χ0v) is 15.3. The topological polar surface area (TPSA) is 58.2 Å². The second-order valence-corrected chi connectivity index (χ2v) is 6.79. The highest BCUT2D eigenvalue weighted by atomic mass is 35.5. The third-order valence-electron chi connectivity index (χ3n) is 3.91. The van der Waals surface area contributed by atoms with Gasteiger partial charge in [-0.3, -0.25) is 4.79 Å². The number of halogens is 3.